The number of nitrogens with zero attached hydrogens (tertiary/aromatic N) is 2. The highest BCUT2D eigenvalue weighted by atomic mass is 32.1. The fraction of sp³-hybridized carbons (Fsp3) is 0.538. The van der Waals surface area contributed by atoms with Crippen molar-refractivity contribution < 1.29 is 23.9 Å². The van der Waals surface area contributed by atoms with Gasteiger partial charge in [0.05, 0.1) is 6.04 Å². The molecule has 1 aromatic carbocycles. The second-order valence-electron chi connectivity index (χ2n) is 9.68. The molecule has 1 aliphatic carbocycles. The molecule has 0 spiro atoms. The average molecular weight is 517 g/mol. The molecule has 10 heteroatoms. The van der Waals surface area contributed by atoms with Crippen molar-refractivity contribution in [3.8, 4) is 0 Å². The van der Waals surface area contributed by atoms with Gasteiger partial charge in [0.2, 0.25) is 17.6 Å². The van der Waals surface area contributed by atoms with Crippen molar-refractivity contribution in [2.75, 3.05) is 13.6 Å². The van der Waals surface area contributed by atoms with Crippen molar-refractivity contribution in [3.63, 3.8) is 0 Å². The zero-order chi connectivity index (χ0) is 25.9. The van der Waals surface area contributed by atoms with Crippen LogP contribution in [0, 0.1) is 11.7 Å². The monoisotopic (exact) mass is 516 g/mol. The number of nitrogens with one attached hydrogen (secondary N) is 2. The number of rotatable bonds is 8. The van der Waals surface area contributed by atoms with Crippen LogP contribution in [0.2, 0.25) is 0 Å². The van der Waals surface area contributed by atoms with Crippen molar-refractivity contribution >= 4 is 28.9 Å². The van der Waals surface area contributed by atoms with E-state index in [1.807, 2.05) is 0 Å². The molecular weight excluding hydrogens is 483 g/mol. The quantitative estimate of drug-likeness (QED) is 0.465. The summed E-state index contributed by atoms with van der Waals surface area (Å²) in [6, 6.07) is 4.00. The van der Waals surface area contributed by atoms with Crippen LogP contribution in [0.5, 0.6) is 0 Å². The predicted molar refractivity (Wildman–Crippen MR) is 134 cm³/mol. The average Bonchev–Trinajstić information content (AvgIpc) is 3.55. The Hall–Kier alpha value is -2.69. The van der Waals surface area contributed by atoms with Gasteiger partial charge in [0.1, 0.15) is 22.6 Å². The van der Waals surface area contributed by atoms with E-state index in [1.165, 1.54) is 29.2 Å². The van der Waals surface area contributed by atoms with Gasteiger partial charge < -0.3 is 20.6 Å². The van der Waals surface area contributed by atoms with Gasteiger partial charge >= 0.3 is 0 Å². The van der Waals surface area contributed by atoms with Gasteiger partial charge in [-0.05, 0) is 63.4 Å². The SMILES string of the molecule is CN[C@@H](C)C(=O)N[C@H](C(=O)N1CCC[C@@]1(O)c1nc(C(=O)c2ccc(F)cc2)cs1)C1CCCCC1. The van der Waals surface area contributed by atoms with E-state index in [2.05, 4.69) is 15.6 Å². The van der Waals surface area contributed by atoms with Crippen LogP contribution in [0.3, 0.4) is 0 Å². The van der Waals surface area contributed by atoms with Crippen LogP contribution in [0.1, 0.15) is 72.9 Å². The fourth-order valence-electron chi connectivity index (χ4n) is 5.06. The number of likely N-dealkylation sites (N-methyl/N-ethyl adjacent to an activating group) is 1. The number of amides is 2. The molecule has 0 unspecified atom stereocenters. The summed E-state index contributed by atoms with van der Waals surface area (Å²) in [6.45, 7) is 2.07. The van der Waals surface area contributed by atoms with E-state index < -0.39 is 23.6 Å². The van der Waals surface area contributed by atoms with Crippen LogP contribution in [-0.2, 0) is 15.3 Å². The Balaban J connectivity index is 1.58. The molecule has 2 aliphatic rings. The zero-order valence-corrected chi connectivity index (χ0v) is 21.4. The van der Waals surface area contributed by atoms with Crippen LogP contribution in [-0.4, -0.2) is 58.3 Å². The van der Waals surface area contributed by atoms with E-state index in [9.17, 15) is 23.9 Å². The minimum atomic E-state index is -1.66. The Morgan fingerprint density at radius 1 is 1.17 bits per heavy atom. The lowest BCUT2D eigenvalue weighted by atomic mass is 9.83. The number of carbonyl (C=O) groups is 3. The van der Waals surface area contributed by atoms with Crippen LogP contribution < -0.4 is 10.6 Å². The Labute approximate surface area is 214 Å². The number of carbonyl (C=O) groups excluding carboxylic acids is 3. The number of ketones is 1. The topological polar surface area (TPSA) is 112 Å². The summed E-state index contributed by atoms with van der Waals surface area (Å²) in [5.41, 5.74) is -1.23. The Morgan fingerprint density at radius 3 is 2.53 bits per heavy atom. The molecule has 4 rings (SSSR count). The third-order valence-corrected chi connectivity index (χ3v) is 8.30. The second kappa shape index (κ2) is 11.1. The highest BCUT2D eigenvalue weighted by molar-refractivity contribution is 7.10. The standard InChI is InChI=1S/C26H33FN4O4S/c1-16(28-2)23(33)30-21(17-7-4-3-5-8-17)24(34)31-14-6-13-26(31,35)25-29-20(15-36-25)22(32)18-9-11-19(27)12-10-18/h9-12,15-17,21,28,35H,3-8,13-14H2,1-2H3,(H,30,33)/t16-,21-,26+/m0/s1. The fourth-order valence-corrected chi connectivity index (χ4v) is 5.99. The maximum atomic E-state index is 13.9. The van der Waals surface area contributed by atoms with E-state index in [0.717, 1.165) is 43.4 Å². The van der Waals surface area contributed by atoms with Gasteiger partial charge in [0, 0.05) is 23.9 Å². The molecule has 36 heavy (non-hydrogen) atoms. The van der Waals surface area contributed by atoms with Crippen molar-refractivity contribution in [3.05, 3.63) is 51.7 Å². The first kappa shape index (κ1) is 26.4. The van der Waals surface area contributed by atoms with Gasteiger partial charge in [-0.25, -0.2) is 9.37 Å². The van der Waals surface area contributed by atoms with Crippen molar-refractivity contribution in [1.29, 1.82) is 0 Å². The number of aromatic nitrogens is 1. The van der Waals surface area contributed by atoms with Crippen molar-refractivity contribution in [1.82, 2.24) is 20.5 Å². The molecule has 8 nitrogen and oxygen atoms in total. The highest BCUT2D eigenvalue weighted by Gasteiger charge is 2.49. The molecule has 1 saturated heterocycles. The van der Waals surface area contributed by atoms with E-state index in [1.54, 1.807) is 19.4 Å². The largest absolute Gasteiger partial charge is 0.365 e. The third kappa shape index (κ3) is 5.35. The van der Waals surface area contributed by atoms with Gasteiger partial charge in [0.15, 0.2) is 5.72 Å². The van der Waals surface area contributed by atoms with Crippen LogP contribution >= 0.6 is 11.3 Å². The van der Waals surface area contributed by atoms with Gasteiger partial charge in [-0.15, -0.1) is 11.3 Å². The summed E-state index contributed by atoms with van der Waals surface area (Å²) in [5.74, 6) is -1.41. The van der Waals surface area contributed by atoms with Crippen molar-refractivity contribution in [2.45, 2.75) is 69.7 Å². The molecule has 1 aliphatic heterocycles. The van der Waals surface area contributed by atoms with Gasteiger partial charge in [-0.3, -0.25) is 14.4 Å². The number of hydrogen-bond donors (Lipinski definition) is 3. The van der Waals surface area contributed by atoms with Gasteiger partial charge in [-0.2, -0.15) is 0 Å². The van der Waals surface area contributed by atoms with Crippen LogP contribution in [0.15, 0.2) is 29.6 Å². The molecule has 1 aromatic heterocycles. The number of benzene rings is 1. The molecule has 3 atom stereocenters. The molecule has 0 bridgehead atoms. The molecule has 2 amide bonds. The summed E-state index contributed by atoms with van der Waals surface area (Å²) in [4.78, 5) is 45.3. The zero-order valence-electron chi connectivity index (χ0n) is 20.6. The minimum Gasteiger partial charge on any atom is -0.365 e. The van der Waals surface area contributed by atoms with E-state index in [0.29, 0.717) is 18.5 Å². The summed E-state index contributed by atoms with van der Waals surface area (Å²) in [6.07, 6.45) is 5.63. The maximum Gasteiger partial charge on any atom is 0.248 e. The molecular formula is C26H33FN4O4S. The highest BCUT2D eigenvalue weighted by Crippen LogP contribution is 2.40. The summed E-state index contributed by atoms with van der Waals surface area (Å²) < 4.78 is 13.2. The molecule has 2 heterocycles. The lowest BCUT2D eigenvalue weighted by Gasteiger charge is -2.38. The van der Waals surface area contributed by atoms with Gasteiger partial charge in [-0.1, -0.05) is 19.3 Å². The smallest absolute Gasteiger partial charge is 0.248 e. The molecule has 2 aromatic rings. The first-order valence-corrected chi connectivity index (χ1v) is 13.4. The normalized spacial score (nSPS) is 22.3. The first-order chi connectivity index (χ1) is 17.2. The molecule has 2 fully saturated rings. The number of likely N-dealkylation sites (tertiary alicyclic amines) is 1. The number of aliphatic hydroxyl groups is 1. The predicted octanol–water partition coefficient (Wildman–Crippen LogP) is 2.95. The molecule has 194 valence electrons. The number of thiazole rings is 1. The van der Waals surface area contributed by atoms with Crippen LogP contribution in [0.25, 0.3) is 0 Å². The second-order valence-corrected chi connectivity index (χ2v) is 10.5. The Kier molecular flexibility index (Phi) is 8.17. The first-order valence-electron chi connectivity index (χ1n) is 12.5. The van der Waals surface area contributed by atoms with Crippen molar-refractivity contribution in [2.24, 2.45) is 5.92 Å². The summed E-state index contributed by atoms with van der Waals surface area (Å²) in [5, 5.41) is 19.4. The van der Waals surface area contributed by atoms with E-state index in [4.69, 9.17) is 0 Å². The molecule has 0 radical (unpaired) electrons. The lowest BCUT2D eigenvalue weighted by Crippen LogP contribution is -2.58. The number of halogens is 1. The molecule has 3 N–H and O–H groups in total. The Morgan fingerprint density at radius 2 is 1.86 bits per heavy atom. The van der Waals surface area contributed by atoms with E-state index >= 15 is 0 Å². The lowest BCUT2D eigenvalue weighted by molar-refractivity contribution is -0.159. The summed E-state index contributed by atoms with van der Waals surface area (Å²) >= 11 is 1.12. The summed E-state index contributed by atoms with van der Waals surface area (Å²) in [7, 11) is 1.69. The Bertz CT molecular complexity index is 1100. The van der Waals surface area contributed by atoms with Crippen LogP contribution in [0.4, 0.5) is 4.39 Å². The van der Waals surface area contributed by atoms with E-state index in [-0.39, 0.29) is 40.6 Å². The third-order valence-electron chi connectivity index (χ3n) is 7.32. The van der Waals surface area contributed by atoms with Gasteiger partial charge in [0.25, 0.3) is 0 Å². The molecule has 1 saturated carbocycles. The maximum absolute atomic E-state index is 13.9. The number of hydrogen-bond acceptors (Lipinski definition) is 7. The minimum absolute atomic E-state index is 0.00369.